The molecule has 0 unspecified atom stereocenters. The number of carbonyl (C=O) groups is 2. The van der Waals surface area contributed by atoms with E-state index in [0.29, 0.717) is 28.9 Å². The smallest absolute Gasteiger partial charge is 0.292 e. The molecule has 0 atom stereocenters. The Hall–Kier alpha value is -2.04. The number of methoxy groups -OCH3 is 1. The van der Waals surface area contributed by atoms with Gasteiger partial charge in [0, 0.05) is 16.1 Å². The molecule has 3 rings (SSSR count). The van der Waals surface area contributed by atoms with Gasteiger partial charge in [0.05, 0.1) is 13.5 Å². The van der Waals surface area contributed by atoms with Crippen LogP contribution in [0.3, 0.4) is 0 Å². The van der Waals surface area contributed by atoms with Gasteiger partial charge in [-0.05, 0) is 54.9 Å². The molecule has 1 saturated carbocycles. The zero-order chi connectivity index (χ0) is 20.4. The highest BCUT2D eigenvalue weighted by atomic mass is 35.5. The van der Waals surface area contributed by atoms with Gasteiger partial charge in [0.1, 0.15) is 0 Å². The molecule has 1 aliphatic rings. The molecule has 0 radical (unpaired) electrons. The molecule has 0 heterocycles. The van der Waals surface area contributed by atoms with Crippen LogP contribution in [-0.4, -0.2) is 25.5 Å². The zero-order valence-corrected chi connectivity index (χ0v) is 17.4. The summed E-state index contributed by atoms with van der Waals surface area (Å²) in [4.78, 5) is 21.2. The minimum atomic E-state index is 0.0300. The highest BCUT2D eigenvalue weighted by Crippen LogP contribution is 2.32. The van der Waals surface area contributed by atoms with E-state index in [4.69, 9.17) is 28.0 Å². The van der Waals surface area contributed by atoms with E-state index < -0.39 is 0 Å². The molecule has 6 heteroatoms. The summed E-state index contributed by atoms with van der Waals surface area (Å²) >= 11 is 12.0. The first-order chi connectivity index (χ1) is 13.5. The first-order valence-corrected chi connectivity index (χ1v) is 10.0. The standard InChI is InChI=1S/C20H21Cl2NO.C2H4O2/c21-17-9-6-16(19(22)13-17)12-20(24)23-18-10-7-15(8-11-18)14-4-2-1-3-5-14;1-4-2-3/h1-6,9,13,15,18H,7-8,10-12H2,(H,23,24);2H,1H3. The van der Waals surface area contributed by atoms with Gasteiger partial charge in [0.25, 0.3) is 6.47 Å². The van der Waals surface area contributed by atoms with Crippen molar-refractivity contribution in [2.24, 2.45) is 0 Å². The Balaban J connectivity index is 0.000000640. The fourth-order valence-electron chi connectivity index (χ4n) is 3.41. The van der Waals surface area contributed by atoms with Crippen molar-refractivity contribution in [3.05, 3.63) is 69.7 Å². The Morgan fingerprint density at radius 2 is 1.75 bits per heavy atom. The van der Waals surface area contributed by atoms with Crippen LogP contribution in [0.5, 0.6) is 0 Å². The maximum atomic E-state index is 12.3. The maximum absolute atomic E-state index is 12.3. The van der Waals surface area contributed by atoms with E-state index >= 15 is 0 Å². The van der Waals surface area contributed by atoms with Gasteiger partial charge in [0.15, 0.2) is 0 Å². The van der Waals surface area contributed by atoms with Crippen molar-refractivity contribution in [2.75, 3.05) is 7.11 Å². The van der Waals surface area contributed by atoms with Crippen LogP contribution in [0.4, 0.5) is 0 Å². The molecule has 150 valence electrons. The number of hydrogen-bond donors (Lipinski definition) is 1. The highest BCUT2D eigenvalue weighted by Gasteiger charge is 2.23. The van der Waals surface area contributed by atoms with Crippen molar-refractivity contribution in [1.82, 2.24) is 5.32 Å². The predicted molar refractivity (Wildman–Crippen MR) is 113 cm³/mol. The zero-order valence-electron chi connectivity index (χ0n) is 15.9. The van der Waals surface area contributed by atoms with Gasteiger partial charge in [-0.3, -0.25) is 9.59 Å². The van der Waals surface area contributed by atoms with Crippen molar-refractivity contribution in [3.8, 4) is 0 Å². The van der Waals surface area contributed by atoms with Crippen molar-refractivity contribution in [3.63, 3.8) is 0 Å². The lowest BCUT2D eigenvalue weighted by Crippen LogP contribution is -2.38. The number of nitrogens with one attached hydrogen (secondary N) is 1. The largest absolute Gasteiger partial charge is 0.471 e. The molecule has 0 aromatic heterocycles. The lowest BCUT2D eigenvalue weighted by molar-refractivity contribution is -0.126. The number of ether oxygens (including phenoxy) is 1. The second kappa shape index (κ2) is 11.7. The lowest BCUT2D eigenvalue weighted by Gasteiger charge is -2.29. The molecular weight excluding hydrogens is 397 g/mol. The third-order valence-electron chi connectivity index (χ3n) is 4.83. The average Bonchev–Trinajstić information content (AvgIpc) is 2.71. The Kier molecular flexibility index (Phi) is 9.32. The van der Waals surface area contributed by atoms with E-state index in [1.54, 1.807) is 12.1 Å². The summed E-state index contributed by atoms with van der Waals surface area (Å²) in [6.07, 6.45) is 4.60. The fourth-order valence-corrected chi connectivity index (χ4v) is 3.89. The van der Waals surface area contributed by atoms with Crippen molar-refractivity contribution < 1.29 is 14.3 Å². The van der Waals surface area contributed by atoms with Crippen LogP contribution in [0, 0.1) is 0 Å². The van der Waals surface area contributed by atoms with E-state index in [-0.39, 0.29) is 11.9 Å². The first kappa shape index (κ1) is 22.3. The number of hydrogen-bond acceptors (Lipinski definition) is 3. The third kappa shape index (κ3) is 7.17. The third-order valence-corrected chi connectivity index (χ3v) is 5.41. The van der Waals surface area contributed by atoms with E-state index in [9.17, 15) is 4.79 Å². The minimum Gasteiger partial charge on any atom is -0.471 e. The highest BCUT2D eigenvalue weighted by molar-refractivity contribution is 6.35. The van der Waals surface area contributed by atoms with Crippen LogP contribution in [0.15, 0.2) is 48.5 Å². The molecule has 28 heavy (non-hydrogen) atoms. The molecule has 1 fully saturated rings. The average molecular weight is 422 g/mol. The van der Waals surface area contributed by atoms with Gasteiger partial charge in [-0.25, -0.2) is 0 Å². The van der Waals surface area contributed by atoms with Crippen LogP contribution in [0.1, 0.15) is 42.7 Å². The number of rotatable bonds is 5. The number of carbonyl (C=O) groups excluding carboxylic acids is 2. The molecule has 2 aromatic carbocycles. The van der Waals surface area contributed by atoms with Crippen LogP contribution >= 0.6 is 23.2 Å². The van der Waals surface area contributed by atoms with Crippen LogP contribution in [-0.2, 0) is 20.7 Å². The lowest BCUT2D eigenvalue weighted by atomic mass is 9.82. The summed E-state index contributed by atoms with van der Waals surface area (Å²) < 4.78 is 3.86. The SMILES string of the molecule is COC=O.O=C(Cc1ccc(Cl)cc1Cl)NC1CCC(c2ccccc2)CC1. The molecule has 1 aliphatic carbocycles. The summed E-state index contributed by atoms with van der Waals surface area (Å²) in [5, 5.41) is 4.28. The van der Waals surface area contributed by atoms with E-state index in [2.05, 4.69) is 40.4 Å². The summed E-state index contributed by atoms with van der Waals surface area (Å²) in [6.45, 7) is 0.375. The number of benzene rings is 2. The molecule has 2 aromatic rings. The van der Waals surface area contributed by atoms with Gasteiger partial charge in [-0.1, -0.05) is 59.6 Å². The van der Waals surface area contributed by atoms with Crippen LogP contribution < -0.4 is 5.32 Å². The van der Waals surface area contributed by atoms with E-state index in [1.807, 2.05) is 6.07 Å². The van der Waals surface area contributed by atoms with Crippen LogP contribution in [0.2, 0.25) is 10.0 Å². The molecule has 0 spiro atoms. The van der Waals surface area contributed by atoms with Gasteiger partial charge >= 0.3 is 0 Å². The van der Waals surface area contributed by atoms with Crippen molar-refractivity contribution >= 4 is 35.6 Å². The first-order valence-electron chi connectivity index (χ1n) is 9.28. The van der Waals surface area contributed by atoms with Gasteiger partial charge < -0.3 is 10.1 Å². The summed E-state index contributed by atoms with van der Waals surface area (Å²) in [7, 11) is 1.31. The van der Waals surface area contributed by atoms with Crippen molar-refractivity contribution in [2.45, 2.75) is 44.1 Å². The normalized spacial score (nSPS) is 18.4. The molecule has 0 bridgehead atoms. The Bertz CT molecular complexity index is 760. The van der Waals surface area contributed by atoms with E-state index in [0.717, 1.165) is 31.2 Å². The van der Waals surface area contributed by atoms with Crippen molar-refractivity contribution in [1.29, 1.82) is 0 Å². The molecule has 4 nitrogen and oxygen atoms in total. The second-order valence-electron chi connectivity index (χ2n) is 6.77. The molecule has 0 aliphatic heterocycles. The van der Waals surface area contributed by atoms with Gasteiger partial charge in [-0.2, -0.15) is 0 Å². The Labute approximate surface area is 176 Å². The molecule has 1 N–H and O–H groups in total. The molecule has 0 saturated heterocycles. The summed E-state index contributed by atoms with van der Waals surface area (Å²) in [5.41, 5.74) is 2.23. The monoisotopic (exact) mass is 421 g/mol. The maximum Gasteiger partial charge on any atom is 0.292 e. The predicted octanol–water partition coefficient (Wildman–Crippen LogP) is 5.17. The number of halogens is 2. The number of amides is 1. The van der Waals surface area contributed by atoms with E-state index in [1.165, 1.54) is 12.7 Å². The Morgan fingerprint density at radius 1 is 1.11 bits per heavy atom. The van der Waals surface area contributed by atoms with Gasteiger partial charge in [-0.15, -0.1) is 0 Å². The Morgan fingerprint density at radius 3 is 2.32 bits per heavy atom. The summed E-state index contributed by atoms with van der Waals surface area (Å²) in [6, 6.07) is 16.2. The molecule has 1 amide bonds. The molecular formula is C22H25Cl2NO3. The van der Waals surface area contributed by atoms with Crippen LogP contribution in [0.25, 0.3) is 0 Å². The summed E-state index contributed by atoms with van der Waals surface area (Å²) in [5.74, 6) is 0.646. The van der Waals surface area contributed by atoms with Gasteiger partial charge in [0.2, 0.25) is 5.91 Å². The quantitative estimate of drug-likeness (QED) is 0.677. The second-order valence-corrected chi connectivity index (χ2v) is 7.61. The fraction of sp³-hybridized carbons (Fsp3) is 0.364. The topological polar surface area (TPSA) is 55.4 Å². The minimum absolute atomic E-state index is 0.0300.